The van der Waals surface area contributed by atoms with E-state index in [1.165, 1.54) is 13.2 Å². The minimum absolute atomic E-state index is 0.0600. The average Bonchev–Trinajstić information content (AvgIpc) is 3.03. The van der Waals surface area contributed by atoms with Crippen molar-refractivity contribution in [1.29, 1.82) is 0 Å². The standard InChI is InChI=1S/C18H14N4O5S/c1-27-13-8-12(16(23)14(9-13)22(25)26)10-19-21-18-20-17(24)15(28-18)7-11-5-3-2-4-6-11/h2-10,23H,1H3,(H,20,21,24)/b15-7+,19-10-. The van der Waals surface area contributed by atoms with Crippen LogP contribution in [0, 0.1) is 10.1 Å². The number of nitro benzene ring substituents is 1. The molecule has 0 saturated carbocycles. The van der Waals surface area contributed by atoms with Crippen molar-refractivity contribution in [2.24, 2.45) is 10.2 Å². The summed E-state index contributed by atoms with van der Waals surface area (Å²) in [5.41, 5.74) is 0.424. The van der Waals surface area contributed by atoms with E-state index in [9.17, 15) is 20.0 Å². The van der Waals surface area contributed by atoms with Crippen molar-refractivity contribution in [1.82, 2.24) is 5.32 Å². The normalized spacial score (nSPS) is 16.7. The van der Waals surface area contributed by atoms with Gasteiger partial charge < -0.3 is 9.84 Å². The lowest BCUT2D eigenvalue weighted by Crippen LogP contribution is -2.19. The zero-order valence-corrected chi connectivity index (χ0v) is 15.3. The van der Waals surface area contributed by atoms with Gasteiger partial charge in [0, 0.05) is 5.56 Å². The Morgan fingerprint density at radius 2 is 2.04 bits per heavy atom. The van der Waals surface area contributed by atoms with E-state index in [1.807, 2.05) is 30.3 Å². The summed E-state index contributed by atoms with van der Waals surface area (Å²) >= 11 is 1.11. The number of nitro groups is 1. The number of methoxy groups -OCH3 is 1. The number of rotatable bonds is 5. The van der Waals surface area contributed by atoms with Crippen LogP contribution in [0.3, 0.4) is 0 Å². The molecule has 2 N–H and O–H groups in total. The van der Waals surface area contributed by atoms with Crippen LogP contribution in [0.1, 0.15) is 11.1 Å². The molecule has 10 heteroatoms. The van der Waals surface area contributed by atoms with Crippen LogP contribution in [0.5, 0.6) is 11.5 Å². The quantitative estimate of drug-likeness (QED) is 0.345. The maximum atomic E-state index is 12.0. The monoisotopic (exact) mass is 398 g/mol. The van der Waals surface area contributed by atoms with Gasteiger partial charge in [-0.3, -0.25) is 20.2 Å². The van der Waals surface area contributed by atoms with Gasteiger partial charge in [0.25, 0.3) is 5.91 Å². The summed E-state index contributed by atoms with van der Waals surface area (Å²) < 4.78 is 4.98. The summed E-state index contributed by atoms with van der Waals surface area (Å²) in [7, 11) is 1.35. The van der Waals surface area contributed by atoms with Gasteiger partial charge in [0.15, 0.2) is 5.17 Å². The number of nitrogens with zero attached hydrogens (tertiary/aromatic N) is 3. The van der Waals surface area contributed by atoms with Gasteiger partial charge in [0.1, 0.15) is 5.75 Å². The van der Waals surface area contributed by atoms with Gasteiger partial charge in [-0.05, 0) is 29.5 Å². The van der Waals surface area contributed by atoms with Crippen molar-refractivity contribution < 1.29 is 19.6 Å². The first kappa shape index (κ1) is 19.1. The summed E-state index contributed by atoms with van der Waals surface area (Å²) in [5, 5.41) is 31.5. The number of ether oxygens (including phenoxy) is 1. The van der Waals surface area contributed by atoms with Gasteiger partial charge in [-0.25, -0.2) is 0 Å². The molecule has 28 heavy (non-hydrogen) atoms. The predicted molar refractivity (Wildman–Crippen MR) is 106 cm³/mol. The Kier molecular flexibility index (Phi) is 5.70. The van der Waals surface area contributed by atoms with Crippen molar-refractivity contribution >= 4 is 40.8 Å². The van der Waals surface area contributed by atoms with Crippen LogP contribution in [0.4, 0.5) is 5.69 Å². The lowest BCUT2D eigenvalue weighted by molar-refractivity contribution is -0.385. The van der Waals surface area contributed by atoms with Gasteiger partial charge >= 0.3 is 5.69 Å². The maximum Gasteiger partial charge on any atom is 0.315 e. The second-order valence-corrected chi connectivity index (χ2v) is 6.50. The summed E-state index contributed by atoms with van der Waals surface area (Å²) in [6, 6.07) is 11.8. The molecule has 0 atom stereocenters. The van der Waals surface area contributed by atoms with E-state index < -0.39 is 16.4 Å². The Morgan fingerprint density at radius 1 is 1.29 bits per heavy atom. The smallest absolute Gasteiger partial charge is 0.315 e. The number of phenolic OH excluding ortho intramolecular Hbond substituents is 1. The number of amides is 1. The van der Waals surface area contributed by atoms with Crippen LogP contribution in [0.2, 0.25) is 0 Å². The van der Waals surface area contributed by atoms with Gasteiger partial charge in [-0.1, -0.05) is 30.3 Å². The molecule has 1 aliphatic heterocycles. The number of phenols is 1. The van der Waals surface area contributed by atoms with Crippen molar-refractivity contribution in [3.05, 3.63) is 68.6 Å². The second kappa shape index (κ2) is 8.35. The highest BCUT2D eigenvalue weighted by atomic mass is 32.2. The van der Waals surface area contributed by atoms with E-state index in [-0.39, 0.29) is 22.4 Å². The van der Waals surface area contributed by atoms with E-state index in [0.29, 0.717) is 4.91 Å². The number of carbonyl (C=O) groups is 1. The first-order chi connectivity index (χ1) is 13.5. The van der Waals surface area contributed by atoms with E-state index in [0.717, 1.165) is 29.6 Å². The number of hydrogen-bond acceptors (Lipinski definition) is 8. The Bertz CT molecular complexity index is 1020. The van der Waals surface area contributed by atoms with Crippen LogP contribution in [-0.4, -0.2) is 34.4 Å². The molecular formula is C18H14N4O5S. The average molecular weight is 398 g/mol. The summed E-state index contributed by atoms with van der Waals surface area (Å²) in [5.74, 6) is -0.666. The summed E-state index contributed by atoms with van der Waals surface area (Å²) in [6.07, 6.45) is 2.87. The third kappa shape index (κ3) is 4.35. The SMILES string of the molecule is COc1cc(/C=N\N=C2/NC(=O)/C(=C\c3ccccc3)S2)c(O)c([N+](=O)[O-])c1. The molecule has 0 radical (unpaired) electrons. The number of hydrogen-bond donors (Lipinski definition) is 2. The Labute approximate surface area is 163 Å². The number of aromatic hydroxyl groups is 1. The molecule has 142 valence electrons. The van der Waals surface area contributed by atoms with Crippen LogP contribution in [-0.2, 0) is 4.79 Å². The summed E-state index contributed by atoms with van der Waals surface area (Å²) in [4.78, 5) is 22.8. The second-order valence-electron chi connectivity index (χ2n) is 5.47. The van der Waals surface area contributed by atoms with Crippen LogP contribution in [0.15, 0.2) is 57.6 Å². The van der Waals surface area contributed by atoms with Crippen molar-refractivity contribution in [2.75, 3.05) is 7.11 Å². The molecule has 1 heterocycles. The third-order valence-electron chi connectivity index (χ3n) is 3.62. The van der Waals surface area contributed by atoms with E-state index in [4.69, 9.17) is 4.74 Å². The van der Waals surface area contributed by atoms with Crippen LogP contribution >= 0.6 is 11.8 Å². The molecule has 3 rings (SSSR count). The molecule has 0 aromatic heterocycles. The molecule has 0 bridgehead atoms. The summed E-state index contributed by atoms with van der Waals surface area (Å²) in [6.45, 7) is 0. The fourth-order valence-electron chi connectivity index (χ4n) is 2.29. The van der Waals surface area contributed by atoms with E-state index in [2.05, 4.69) is 15.5 Å². The molecule has 0 unspecified atom stereocenters. The molecule has 0 spiro atoms. The molecule has 1 aliphatic rings. The molecule has 9 nitrogen and oxygen atoms in total. The highest BCUT2D eigenvalue weighted by Crippen LogP contribution is 2.33. The van der Waals surface area contributed by atoms with Gasteiger partial charge in [0.05, 0.1) is 29.2 Å². The van der Waals surface area contributed by atoms with Crippen molar-refractivity contribution in [2.45, 2.75) is 0 Å². The minimum atomic E-state index is -0.727. The minimum Gasteiger partial charge on any atom is -0.502 e. The van der Waals surface area contributed by atoms with Gasteiger partial charge in [0.2, 0.25) is 5.75 Å². The largest absolute Gasteiger partial charge is 0.502 e. The number of benzene rings is 2. The molecule has 1 amide bonds. The lowest BCUT2D eigenvalue weighted by Gasteiger charge is -2.04. The number of thioether (sulfide) groups is 1. The predicted octanol–water partition coefficient (Wildman–Crippen LogP) is 2.90. The third-order valence-corrected chi connectivity index (χ3v) is 4.52. The van der Waals surface area contributed by atoms with Crippen LogP contribution in [0.25, 0.3) is 6.08 Å². The highest BCUT2D eigenvalue weighted by molar-refractivity contribution is 8.18. The van der Waals surface area contributed by atoms with Crippen molar-refractivity contribution in [3.63, 3.8) is 0 Å². The number of carbonyl (C=O) groups excluding carboxylic acids is 1. The van der Waals surface area contributed by atoms with E-state index in [1.54, 1.807) is 6.08 Å². The molecule has 1 fully saturated rings. The molecular weight excluding hydrogens is 384 g/mol. The fourth-order valence-corrected chi connectivity index (χ4v) is 3.07. The van der Waals surface area contributed by atoms with Gasteiger partial charge in [-0.15, -0.1) is 5.10 Å². The highest BCUT2D eigenvalue weighted by Gasteiger charge is 2.24. The molecule has 0 aliphatic carbocycles. The Hall–Kier alpha value is -3.66. The van der Waals surface area contributed by atoms with Crippen LogP contribution < -0.4 is 10.1 Å². The first-order valence-corrected chi connectivity index (χ1v) is 8.72. The molecule has 2 aromatic rings. The number of amidine groups is 1. The maximum absolute atomic E-state index is 12.0. The van der Waals surface area contributed by atoms with E-state index >= 15 is 0 Å². The molecule has 2 aromatic carbocycles. The van der Waals surface area contributed by atoms with Crippen molar-refractivity contribution in [3.8, 4) is 11.5 Å². The first-order valence-electron chi connectivity index (χ1n) is 7.90. The lowest BCUT2D eigenvalue weighted by atomic mass is 10.1. The fraction of sp³-hybridized carbons (Fsp3) is 0.0556. The topological polar surface area (TPSA) is 126 Å². The Balaban J connectivity index is 1.80. The Morgan fingerprint density at radius 3 is 2.71 bits per heavy atom. The van der Waals surface area contributed by atoms with Gasteiger partial charge in [-0.2, -0.15) is 5.10 Å². The zero-order valence-electron chi connectivity index (χ0n) is 14.5. The number of nitrogens with one attached hydrogen (secondary N) is 1. The molecule has 1 saturated heterocycles. The zero-order chi connectivity index (χ0) is 20.1.